The highest BCUT2D eigenvalue weighted by Crippen LogP contribution is 2.19. The fraction of sp³-hybridized carbons (Fsp3) is 0.389. The van der Waals surface area contributed by atoms with Crippen LogP contribution in [0.25, 0.3) is 0 Å². The van der Waals surface area contributed by atoms with Gasteiger partial charge in [-0.3, -0.25) is 9.59 Å². The van der Waals surface area contributed by atoms with Crippen LogP contribution in [0.15, 0.2) is 41.2 Å². The summed E-state index contributed by atoms with van der Waals surface area (Å²) in [7, 11) is 0. The molecular formula is C18H21N3O2. The monoisotopic (exact) mass is 311 g/mol. The molecule has 23 heavy (non-hydrogen) atoms. The van der Waals surface area contributed by atoms with Gasteiger partial charge in [0.2, 0.25) is 5.91 Å². The number of likely N-dealkylation sites (tertiary alicyclic amines) is 1. The van der Waals surface area contributed by atoms with Crippen LogP contribution in [-0.4, -0.2) is 33.7 Å². The van der Waals surface area contributed by atoms with Crippen molar-refractivity contribution in [3.8, 4) is 0 Å². The van der Waals surface area contributed by atoms with Gasteiger partial charge in [-0.15, -0.1) is 0 Å². The molecular weight excluding hydrogens is 290 g/mol. The highest BCUT2D eigenvalue weighted by Gasteiger charge is 2.31. The van der Waals surface area contributed by atoms with Gasteiger partial charge in [-0.25, -0.2) is 4.68 Å². The van der Waals surface area contributed by atoms with Crippen molar-refractivity contribution < 1.29 is 4.79 Å². The van der Waals surface area contributed by atoms with Gasteiger partial charge in [-0.1, -0.05) is 24.3 Å². The maximum atomic E-state index is 12.3. The fourth-order valence-electron chi connectivity index (χ4n) is 2.90. The molecule has 0 N–H and O–H groups in total. The molecule has 5 heteroatoms. The Balaban J connectivity index is 1.55. The predicted octanol–water partition coefficient (Wildman–Crippen LogP) is 1.56. The summed E-state index contributed by atoms with van der Waals surface area (Å²) in [6, 6.07) is 11.2. The maximum Gasteiger partial charge on any atom is 0.266 e. The predicted molar refractivity (Wildman–Crippen MR) is 88.2 cm³/mol. The average molecular weight is 311 g/mol. The van der Waals surface area contributed by atoms with E-state index in [4.69, 9.17) is 0 Å². The normalized spacial score (nSPS) is 14.6. The molecule has 5 nitrogen and oxygen atoms in total. The van der Waals surface area contributed by atoms with Crippen LogP contribution in [0.5, 0.6) is 0 Å². The molecule has 1 fully saturated rings. The molecule has 3 rings (SSSR count). The number of amides is 1. The van der Waals surface area contributed by atoms with Crippen LogP contribution in [0.4, 0.5) is 0 Å². The molecule has 0 radical (unpaired) electrons. The third-order valence-corrected chi connectivity index (χ3v) is 4.34. The lowest BCUT2D eigenvalue weighted by molar-refractivity contribution is -0.137. The van der Waals surface area contributed by atoms with E-state index >= 15 is 0 Å². The molecule has 1 saturated heterocycles. The summed E-state index contributed by atoms with van der Waals surface area (Å²) in [5.74, 6) is 0.461. The second kappa shape index (κ2) is 6.36. The van der Waals surface area contributed by atoms with Crippen molar-refractivity contribution in [3.63, 3.8) is 0 Å². The van der Waals surface area contributed by atoms with Gasteiger partial charge < -0.3 is 4.90 Å². The van der Waals surface area contributed by atoms with Crippen molar-refractivity contribution in [3.05, 3.63) is 63.6 Å². The van der Waals surface area contributed by atoms with Gasteiger partial charge >= 0.3 is 0 Å². The van der Waals surface area contributed by atoms with E-state index in [9.17, 15) is 9.59 Å². The van der Waals surface area contributed by atoms with Crippen molar-refractivity contribution >= 4 is 5.91 Å². The zero-order valence-electron chi connectivity index (χ0n) is 13.5. The summed E-state index contributed by atoms with van der Waals surface area (Å²) in [5.41, 5.74) is 2.97. The van der Waals surface area contributed by atoms with E-state index in [0.29, 0.717) is 32.0 Å². The largest absolute Gasteiger partial charge is 0.342 e. The Kier molecular flexibility index (Phi) is 4.28. The van der Waals surface area contributed by atoms with Crippen LogP contribution in [0.2, 0.25) is 0 Å². The van der Waals surface area contributed by atoms with Crippen LogP contribution in [0, 0.1) is 19.8 Å². The number of aromatic nitrogens is 2. The first-order valence-electron chi connectivity index (χ1n) is 7.90. The Hall–Kier alpha value is -2.43. The van der Waals surface area contributed by atoms with Gasteiger partial charge in [0.05, 0.1) is 18.7 Å². The van der Waals surface area contributed by atoms with Gasteiger partial charge in [-0.05, 0) is 31.0 Å². The number of hydrogen-bond acceptors (Lipinski definition) is 3. The molecule has 0 aliphatic carbocycles. The quantitative estimate of drug-likeness (QED) is 0.861. The minimum atomic E-state index is -0.0831. The van der Waals surface area contributed by atoms with Crippen molar-refractivity contribution in [2.45, 2.75) is 26.8 Å². The van der Waals surface area contributed by atoms with E-state index in [1.165, 1.54) is 4.68 Å². The van der Waals surface area contributed by atoms with E-state index in [2.05, 4.69) is 5.10 Å². The highest BCUT2D eigenvalue weighted by atomic mass is 16.2. The molecule has 0 bridgehead atoms. The molecule has 1 aromatic heterocycles. The topological polar surface area (TPSA) is 55.2 Å². The van der Waals surface area contributed by atoms with E-state index in [-0.39, 0.29) is 11.5 Å². The summed E-state index contributed by atoms with van der Waals surface area (Å²) in [4.78, 5) is 25.9. The van der Waals surface area contributed by atoms with Crippen molar-refractivity contribution in [1.82, 2.24) is 14.7 Å². The van der Waals surface area contributed by atoms with Gasteiger partial charge in [-0.2, -0.15) is 5.10 Å². The van der Waals surface area contributed by atoms with Gasteiger partial charge in [0.1, 0.15) is 0 Å². The summed E-state index contributed by atoms with van der Waals surface area (Å²) in [6.07, 6.45) is 0.446. The smallest absolute Gasteiger partial charge is 0.266 e. The zero-order chi connectivity index (χ0) is 16.4. The molecule has 120 valence electrons. The lowest BCUT2D eigenvalue weighted by Crippen LogP contribution is -2.52. The number of benzene rings is 1. The molecule has 0 spiro atoms. The van der Waals surface area contributed by atoms with E-state index in [0.717, 1.165) is 16.8 Å². The average Bonchev–Trinajstić information content (AvgIpc) is 2.48. The van der Waals surface area contributed by atoms with Crippen molar-refractivity contribution in [2.24, 2.45) is 5.92 Å². The third kappa shape index (κ3) is 3.50. The zero-order valence-corrected chi connectivity index (χ0v) is 13.5. The first kappa shape index (κ1) is 15.5. The van der Waals surface area contributed by atoms with Gasteiger partial charge in [0.15, 0.2) is 0 Å². The second-order valence-corrected chi connectivity index (χ2v) is 6.26. The first-order chi connectivity index (χ1) is 11.0. The van der Waals surface area contributed by atoms with Crippen LogP contribution >= 0.6 is 0 Å². The molecule has 1 aromatic carbocycles. The highest BCUT2D eigenvalue weighted by molar-refractivity contribution is 5.79. The lowest BCUT2D eigenvalue weighted by atomic mass is 9.98. The second-order valence-electron chi connectivity index (χ2n) is 6.26. The number of hydrogen-bond donors (Lipinski definition) is 0. The number of carbonyl (C=O) groups excluding carboxylic acids is 1. The molecule has 2 heterocycles. The molecule has 0 unspecified atom stereocenters. The lowest BCUT2D eigenvalue weighted by Gasteiger charge is -2.39. The fourth-order valence-corrected chi connectivity index (χ4v) is 2.90. The summed E-state index contributed by atoms with van der Waals surface area (Å²) >= 11 is 0. The van der Waals surface area contributed by atoms with Crippen LogP contribution in [-0.2, 0) is 17.8 Å². The van der Waals surface area contributed by atoms with Crippen LogP contribution in [0.3, 0.4) is 0 Å². The van der Waals surface area contributed by atoms with Crippen molar-refractivity contribution in [1.29, 1.82) is 0 Å². The Morgan fingerprint density at radius 2 is 1.91 bits per heavy atom. The Morgan fingerprint density at radius 3 is 2.65 bits per heavy atom. The third-order valence-electron chi connectivity index (χ3n) is 4.34. The Morgan fingerprint density at radius 1 is 1.17 bits per heavy atom. The number of aryl methyl sites for hydroxylation is 2. The molecule has 1 aliphatic heterocycles. The number of rotatable bonds is 4. The number of nitrogens with zero attached hydrogens (tertiary/aromatic N) is 3. The molecule has 0 saturated carbocycles. The number of carbonyl (C=O) groups is 1. The van der Waals surface area contributed by atoms with Crippen LogP contribution < -0.4 is 5.56 Å². The van der Waals surface area contributed by atoms with Crippen LogP contribution in [0.1, 0.15) is 16.8 Å². The molecule has 0 atom stereocenters. The summed E-state index contributed by atoms with van der Waals surface area (Å²) in [6.45, 7) is 5.88. The van der Waals surface area contributed by atoms with Gasteiger partial charge in [0.25, 0.3) is 5.56 Å². The maximum absolute atomic E-state index is 12.3. The van der Waals surface area contributed by atoms with Gasteiger partial charge in [0, 0.05) is 25.1 Å². The Bertz CT molecular complexity index is 776. The minimum Gasteiger partial charge on any atom is -0.342 e. The van der Waals surface area contributed by atoms with Crippen molar-refractivity contribution in [2.75, 3.05) is 13.1 Å². The molecule has 1 aliphatic rings. The minimum absolute atomic E-state index is 0.0831. The van der Waals surface area contributed by atoms with E-state index in [1.807, 2.05) is 43.0 Å². The standard InChI is InChI=1S/C18H21N3O2/c1-13-5-3-4-6-16(13)9-18(23)20-10-15(11-20)12-21-17(22)8-7-14(2)19-21/h3-8,15H,9-12H2,1-2H3. The van der Waals surface area contributed by atoms with E-state index in [1.54, 1.807) is 12.1 Å². The SMILES string of the molecule is Cc1ccc(=O)n(CC2CN(C(=O)Cc3ccccc3C)C2)n1. The van der Waals surface area contributed by atoms with E-state index < -0.39 is 0 Å². The summed E-state index contributed by atoms with van der Waals surface area (Å²) < 4.78 is 1.50. The summed E-state index contributed by atoms with van der Waals surface area (Å²) in [5, 5.41) is 4.24. The molecule has 2 aromatic rings. The Labute approximate surface area is 135 Å². The first-order valence-corrected chi connectivity index (χ1v) is 7.90. The molecule has 1 amide bonds.